The summed E-state index contributed by atoms with van der Waals surface area (Å²) in [5, 5.41) is 0. The molecule has 2 aromatic rings. The van der Waals surface area contributed by atoms with Crippen LogP contribution in [0.2, 0.25) is 0 Å². The van der Waals surface area contributed by atoms with Crippen LogP contribution in [0.1, 0.15) is 5.69 Å². The Balaban J connectivity index is 2.28. The molecule has 2 rings (SSSR count). The lowest BCUT2D eigenvalue weighted by Crippen LogP contribution is -2.36. The highest BCUT2D eigenvalue weighted by molar-refractivity contribution is 7.84. The molecule has 0 spiro atoms. The van der Waals surface area contributed by atoms with Crippen LogP contribution in [0.3, 0.4) is 0 Å². The van der Waals surface area contributed by atoms with E-state index in [-0.39, 0.29) is 0 Å². The molecule has 0 aromatic carbocycles. The second-order valence-electron chi connectivity index (χ2n) is 3.86. The Bertz CT molecular complexity index is 653. The highest BCUT2D eigenvalue weighted by atomic mass is 32.2. The molecular weight excluding hydrogens is 254 g/mol. The van der Waals surface area contributed by atoms with E-state index in [1.165, 1.54) is 10.9 Å². The lowest BCUT2D eigenvalue weighted by molar-refractivity contribution is -0.678. The van der Waals surface area contributed by atoms with E-state index in [0.29, 0.717) is 0 Å². The summed E-state index contributed by atoms with van der Waals surface area (Å²) in [5.74, 6) is -0.462. The van der Waals surface area contributed by atoms with Gasteiger partial charge in [-0.2, -0.15) is 13.0 Å². The van der Waals surface area contributed by atoms with Crippen LogP contribution in [0.5, 0.6) is 0 Å². The molecule has 2 heterocycles. The first kappa shape index (κ1) is 12.6. The van der Waals surface area contributed by atoms with Gasteiger partial charge in [0.05, 0.1) is 5.69 Å². The second-order valence-corrected chi connectivity index (χ2v) is 5.28. The predicted molar refractivity (Wildman–Crippen MR) is 63.9 cm³/mol. The van der Waals surface area contributed by atoms with Gasteiger partial charge in [0, 0.05) is 23.4 Å². The van der Waals surface area contributed by atoms with Crippen molar-refractivity contribution in [3.63, 3.8) is 0 Å². The Labute approximate surface area is 105 Å². The summed E-state index contributed by atoms with van der Waals surface area (Å²) in [4.78, 5) is 8.13. The van der Waals surface area contributed by atoms with Gasteiger partial charge in [0.2, 0.25) is 0 Å². The van der Waals surface area contributed by atoms with Crippen LogP contribution in [0.15, 0.2) is 36.9 Å². The zero-order valence-electron chi connectivity index (χ0n) is 9.68. The lowest BCUT2D eigenvalue weighted by Gasteiger charge is -2.00. The SMILES string of the molecule is Cc1cc(-c2cc[n+](CS(=O)(=O)O)cc2)ncn1. The highest BCUT2D eigenvalue weighted by Crippen LogP contribution is 2.14. The Morgan fingerprint density at radius 3 is 2.50 bits per heavy atom. The fourth-order valence-electron chi connectivity index (χ4n) is 1.51. The van der Waals surface area contributed by atoms with E-state index in [0.717, 1.165) is 17.0 Å². The summed E-state index contributed by atoms with van der Waals surface area (Å²) in [5.41, 5.74) is 2.48. The number of pyridine rings is 1. The average Bonchev–Trinajstić information content (AvgIpc) is 2.28. The van der Waals surface area contributed by atoms with E-state index in [2.05, 4.69) is 9.97 Å². The number of nitrogens with zero attached hydrogens (tertiary/aromatic N) is 3. The van der Waals surface area contributed by atoms with Crippen molar-refractivity contribution in [3.8, 4) is 11.3 Å². The fourth-order valence-corrected chi connectivity index (χ4v) is 2.06. The van der Waals surface area contributed by atoms with Gasteiger partial charge in [-0.3, -0.25) is 4.55 Å². The smallest absolute Gasteiger partial charge is 0.281 e. The van der Waals surface area contributed by atoms with E-state index in [1.54, 1.807) is 24.5 Å². The maximum absolute atomic E-state index is 10.7. The van der Waals surface area contributed by atoms with Crippen molar-refractivity contribution in [2.75, 3.05) is 0 Å². The maximum atomic E-state index is 10.7. The Hall–Kier alpha value is -1.86. The van der Waals surface area contributed by atoms with Crippen molar-refractivity contribution < 1.29 is 17.5 Å². The first-order chi connectivity index (χ1) is 8.44. The Kier molecular flexibility index (Phi) is 3.35. The zero-order chi connectivity index (χ0) is 13.2. The largest absolute Gasteiger partial charge is 0.326 e. The van der Waals surface area contributed by atoms with Crippen molar-refractivity contribution in [2.24, 2.45) is 0 Å². The zero-order valence-corrected chi connectivity index (χ0v) is 10.5. The quantitative estimate of drug-likeness (QED) is 0.649. The van der Waals surface area contributed by atoms with Crippen molar-refractivity contribution >= 4 is 10.1 Å². The van der Waals surface area contributed by atoms with Gasteiger partial charge in [-0.05, 0) is 13.0 Å². The van der Waals surface area contributed by atoms with Crippen molar-refractivity contribution in [3.05, 3.63) is 42.6 Å². The number of aromatic nitrogens is 3. The Morgan fingerprint density at radius 1 is 1.28 bits per heavy atom. The highest BCUT2D eigenvalue weighted by Gasteiger charge is 2.12. The molecular formula is C11H12N3O3S+. The minimum atomic E-state index is -4.02. The molecule has 0 radical (unpaired) electrons. The predicted octanol–water partition coefficient (Wildman–Crippen LogP) is 0.585. The van der Waals surface area contributed by atoms with Gasteiger partial charge in [0.1, 0.15) is 6.33 Å². The van der Waals surface area contributed by atoms with Gasteiger partial charge in [0.25, 0.3) is 5.88 Å². The summed E-state index contributed by atoms with van der Waals surface area (Å²) >= 11 is 0. The molecule has 94 valence electrons. The van der Waals surface area contributed by atoms with Gasteiger partial charge in [-0.15, -0.1) is 0 Å². The topological polar surface area (TPSA) is 84.0 Å². The van der Waals surface area contributed by atoms with E-state index >= 15 is 0 Å². The monoisotopic (exact) mass is 266 g/mol. The van der Waals surface area contributed by atoms with Gasteiger partial charge in [0.15, 0.2) is 12.4 Å². The molecule has 18 heavy (non-hydrogen) atoms. The number of aryl methyl sites for hydroxylation is 1. The minimum absolute atomic E-state index is 0.462. The third-order valence-corrected chi connectivity index (χ3v) is 2.93. The van der Waals surface area contributed by atoms with Gasteiger partial charge >= 0.3 is 10.1 Å². The molecule has 6 nitrogen and oxygen atoms in total. The van der Waals surface area contributed by atoms with Crippen LogP contribution in [-0.2, 0) is 16.0 Å². The summed E-state index contributed by atoms with van der Waals surface area (Å²) in [6.07, 6.45) is 4.62. The second kappa shape index (κ2) is 4.79. The van der Waals surface area contributed by atoms with Crippen LogP contribution in [0.4, 0.5) is 0 Å². The van der Waals surface area contributed by atoms with E-state index in [4.69, 9.17) is 4.55 Å². The molecule has 0 fully saturated rings. The van der Waals surface area contributed by atoms with Crippen molar-refractivity contribution in [2.45, 2.75) is 12.8 Å². The van der Waals surface area contributed by atoms with Crippen LogP contribution < -0.4 is 4.57 Å². The number of rotatable bonds is 3. The molecule has 0 bridgehead atoms. The lowest BCUT2D eigenvalue weighted by atomic mass is 10.2. The molecule has 0 atom stereocenters. The summed E-state index contributed by atoms with van der Waals surface area (Å²) < 4.78 is 31.5. The van der Waals surface area contributed by atoms with Crippen molar-refractivity contribution in [1.82, 2.24) is 9.97 Å². The van der Waals surface area contributed by atoms with Gasteiger partial charge in [-0.25, -0.2) is 9.97 Å². The molecule has 0 aliphatic carbocycles. The molecule has 0 amide bonds. The first-order valence-electron chi connectivity index (χ1n) is 5.17. The molecule has 0 saturated carbocycles. The molecule has 0 aliphatic rings. The third kappa shape index (κ3) is 3.31. The number of hydrogen-bond acceptors (Lipinski definition) is 4. The van der Waals surface area contributed by atoms with E-state index < -0.39 is 16.0 Å². The average molecular weight is 266 g/mol. The molecule has 0 unspecified atom stereocenters. The van der Waals surface area contributed by atoms with Crippen LogP contribution in [0, 0.1) is 6.92 Å². The normalized spacial score (nSPS) is 11.4. The standard InChI is InChI=1S/C11H11N3O3S/c1-9-6-11(13-7-12-9)10-2-4-14(5-3-10)8-18(15,16)17/h2-7H,8H2,1H3/p+1. The minimum Gasteiger partial charge on any atom is -0.281 e. The number of hydrogen-bond donors (Lipinski definition) is 1. The maximum Gasteiger partial charge on any atom is 0.326 e. The van der Waals surface area contributed by atoms with Gasteiger partial charge < -0.3 is 0 Å². The molecule has 7 heteroatoms. The summed E-state index contributed by atoms with van der Waals surface area (Å²) in [6.45, 7) is 1.87. The fraction of sp³-hybridized carbons (Fsp3) is 0.182. The molecule has 0 saturated heterocycles. The van der Waals surface area contributed by atoms with Crippen LogP contribution >= 0.6 is 0 Å². The van der Waals surface area contributed by atoms with Gasteiger partial charge in [-0.1, -0.05) is 0 Å². The van der Waals surface area contributed by atoms with Crippen LogP contribution in [0.25, 0.3) is 11.3 Å². The molecule has 1 N–H and O–H groups in total. The van der Waals surface area contributed by atoms with E-state index in [1.807, 2.05) is 13.0 Å². The third-order valence-electron chi connectivity index (χ3n) is 2.30. The van der Waals surface area contributed by atoms with Crippen molar-refractivity contribution in [1.29, 1.82) is 0 Å². The summed E-state index contributed by atoms with van der Waals surface area (Å²) in [6, 6.07) is 5.29. The molecule has 2 aromatic heterocycles. The molecule has 0 aliphatic heterocycles. The van der Waals surface area contributed by atoms with E-state index in [9.17, 15) is 8.42 Å². The Morgan fingerprint density at radius 2 is 1.94 bits per heavy atom. The summed E-state index contributed by atoms with van der Waals surface area (Å²) in [7, 11) is -4.02. The van der Waals surface area contributed by atoms with Crippen LogP contribution in [-0.4, -0.2) is 22.9 Å². The first-order valence-corrected chi connectivity index (χ1v) is 6.78.